The highest BCUT2D eigenvalue weighted by molar-refractivity contribution is 6.74. The lowest BCUT2D eigenvalue weighted by Crippen LogP contribution is -2.40. The zero-order valence-electron chi connectivity index (χ0n) is 11.1. The Bertz CT molecular complexity index is 204. The standard InChI is InChI=1S/C12H26O2Si/c1-8-9-10-13-11(2)14-15(6,7)12(3,4)5/h2,8-10H2,1,3-7H3. The predicted octanol–water partition coefficient (Wildman–Crippen LogP) is 4.30. The minimum atomic E-state index is -1.75. The molecule has 0 radical (unpaired) electrons. The Labute approximate surface area is 95.8 Å². The van der Waals surface area contributed by atoms with Gasteiger partial charge in [-0.05, 0) is 31.1 Å². The molecule has 0 bridgehead atoms. The highest BCUT2D eigenvalue weighted by Gasteiger charge is 2.39. The lowest BCUT2D eigenvalue weighted by molar-refractivity contribution is 0.0983. The lowest BCUT2D eigenvalue weighted by atomic mass is 10.2. The van der Waals surface area contributed by atoms with Gasteiger partial charge in [0.2, 0.25) is 0 Å². The van der Waals surface area contributed by atoms with Crippen molar-refractivity contribution in [2.24, 2.45) is 0 Å². The first kappa shape index (κ1) is 14.6. The summed E-state index contributed by atoms with van der Waals surface area (Å²) in [6.07, 6.45) is 2.19. The Balaban J connectivity index is 4.06. The number of ether oxygens (including phenoxy) is 1. The Hall–Kier alpha value is -0.443. The third kappa shape index (κ3) is 5.26. The van der Waals surface area contributed by atoms with Crippen LogP contribution in [0.1, 0.15) is 40.5 Å². The molecule has 0 fully saturated rings. The van der Waals surface area contributed by atoms with Gasteiger partial charge in [-0.1, -0.05) is 34.1 Å². The van der Waals surface area contributed by atoms with Crippen LogP contribution in [-0.2, 0) is 9.16 Å². The molecule has 0 aliphatic heterocycles. The third-order valence-corrected chi connectivity index (χ3v) is 7.29. The number of hydrogen-bond donors (Lipinski definition) is 0. The average Bonchev–Trinajstić information content (AvgIpc) is 2.01. The van der Waals surface area contributed by atoms with Gasteiger partial charge < -0.3 is 9.16 Å². The molecule has 0 unspecified atom stereocenters. The Morgan fingerprint density at radius 2 is 1.80 bits per heavy atom. The molecule has 0 aromatic rings. The molecule has 0 amide bonds. The minimum Gasteiger partial charge on any atom is -0.519 e. The van der Waals surface area contributed by atoms with Crippen molar-refractivity contribution in [1.82, 2.24) is 0 Å². The van der Waals surface area contributed by atoms with Gasteiger partial charge in [0.05, 0.1) is 6.61 Å². The summed E-state index contributed by atoms with van der Waals surface area (Å²) >= 11 is 0. The molecule has 3 heteroatoms. The van der Waals surface area contributed by atoms with Crippen molar-refractivity contribution in [2.75, 3.05) is 6.61 Å². The molecule has 0 saturated heterocycles. The smallest absolute Gasteiger partial charge is 0.257 e. The van der Waals surface area contributed by atoms with Crippen molar-refractivity contribution in [3.05, 3.63) is 12.5 Å². The van der Waals surface area contributed by atoms with Gasteiger partial charge in [-0.2, -0.15) is 0 Å². The van der Waals surface area contributed by atoms with E-state index in [0.717, 1.165) is 12.8 Å². The van der Waals surface area contributed by atoms with E-state index in [1.165, 1.54) is 0 Å². The van der Waals surface area contributed by atoms with Crippen molar-refractivity contribution in [3.8, 4) is 0 Å². The van der Waals surface area contributed by atoms with Crippen LogP contribution < -0.4 is 0 Å². The van der Waals surface area contributed by atoms with Crippen molar-refractivity contribution in [2.45, 2.75) is 58.7 Å². The van der Waals surface area contributed by atoms with E-state index in [1.54, 1.807) is 0 Å². The number of hydrogen-bond acceptors (Lipinski definition) is 2. The average molecular weight is 230 g/mol. The van der Waals surface area contributed by atoms with Crippen molar-refractivity contribution < 1.29 is 9.16 Å². The van der Waals surface area contributed by atoms with Gasteiger partial charge in [-0.3, -0.25) is 0 Å². The molecule has 0 heterocycles. The van der Waals surface area contributed by atoms with Gasteiger partial charge in [-0.25, -0.2) is 0 Å². The van der Waals surface area contributed by atoms with Crippen LogP contribution in [-0.4, -0.2) is 14.9 Å². The maximum atomic E-state index is 5.87. The van der Waals surface area contributed by atoms with E-state index < -0.39 is 8.32 Å². The first-order chi connectivity index (χ1) is 6.70. The van der Waals surface area contributed by atoms with Gasteiger partial charge >= 0.3 is 0 Å². The molecule has 0 atom stereocenters. The summed E-state index contributed by atoms with van der Waals surface area (Å²) in [6.45, 7) is 17.7. The zero-order valence-corrected chi connectivity index (χ0v) is 12.1. The third-order valence-electron chi connectivity index (χ3n) is 2.94. The fraction of sp³-hybridized carbons (Fsp3) is 0.833. The summed E-state index contributed by atoms with van der Waals surface area (Å²) in [5.74, 6) is 0.495. The second-order valence-electron chi connectivity index (χ2n) is 5.44. The number of rotatable bonds is 6. The fourth-order valence-corrected chi connectivity index (χ4v) is 1.73. The Morgan fingerprint density at radius 1 is 1.27 bits per heavy atom. The van der Waals surface area contributed by atoms with E-state index in [2.05, 4.69) is 47.4 Å². The molecule has 90 valence electrons. The van der Waals surface area contributed by atoms with E-state index in [-0.39, 0.29) is 5.04 Å². The van der Waals surface area contributed by atoms with Crippen LogP contribution in [0.4, 0.5) is 0 Å². The van der Waals surface area contributed by atoms with E-state index in [9.17, 15) is 0 Å². The van der Waals surface area contributed by atoms with E-state index >= 15 is 0 Å². The first-order valence-corrected chi connectivity index (χ1v) is 8.62. The van der Waals surface area contributed by atoms with Gasteiger partial charge in [0, 0.05) is 0 Å². The molecule has 0 spiro atoms. The van der Waals surface area contributed by atoms with Crippen LogP contribution in [0.15, 0.2) is 12.5 Å². The van der Waals surface area contributed by atoms with Crippen LogP contribution in [0, 0.1) is 0 Å². The zero-order chi connectivity index (χ0) is 12.1. The second kappa shape index (κ2) is 5.59. The van der Waals surface area contributed by atoms with Gasteiger partial charge in [-0.15, -0.1) is 0 Å². The summed E-state index contributed by atoms with van der Waals surface area (Å²) in [7, 11) is -1.75. The maximum Gasteiger partial charge on any atom is 0.257 e. The Kier molecular flexibility index (Phi) is 5.42. The van der Waals surface area contributed by atoms with Gasteiger partial charge in [0.25, 0.3) is 14.3 Å². The number of unbranched alkanes of at least 4 members (excludes halogenated alkanes) is 1. The molecule has 0 aliphatic rings. The van der Waals surface area contributed by atoms with Gasteiger partial charge in [0.1, 0.15) is 0 Å². The summed E-state index contributed by atoms with van der Waals surface area (Å²) in [5, 5.41) is 0.198. The minimum absolute atomic E-state index is 0.198. The van der Waals surface area contributed by atoms with E-state index in [1.807, 2.05) is 0 Å². The normalized spacial score (nSPS) is 12.4. The predicted molar refractivity (Wildman–Crippen MR) is 68.3 cm³/mol. The quantitative estimate of drug-likeness (QED) is 0.385. The lowest BCUT2D eigenvalue weighted by Gasteiger charge is -2.36. The Morgan fingerprint density at radius 3 is 2.20 bits per heavy atom. The first-order valence-electron chi connectivity index (χ1n) is 5.71. The van der Waals surface area contributed by atoms with E-state index in [0.29, 0.717) is 12.6 Å². The summed E-state index contributed by atoms with van der Waals surface area (Å²) in [5.41, 5.74) is 0. The summed E-state index contributed by atoms with van der Waals surface area (Å²) in [4.78, 5) is 0. The molecular weight excluding hydrogens is 204 g/mol. The molecule has 0 N–H and O–H groups in total. The van der Waals surface area contributed by atoms with Crippen LogP contribution in [0.5, 0.6) is 0 Å². The van der Waals surface area contributed by atoms with Crippen molar-refractivity contribution in [1.29, 1.82) is 0 Å². The molecule has 0 saturated carbocycles. The summed E-state index contributed by atoms with van der Waals surface area (Å²) < 4.78 is 11.3. The van der Waals surface area contributed by atoms with Crippen LogP contribution in [0.25, 0.3) is 0 Å². The van der Waals surface area contributed by atoms with Crippen LogP contribution >= 0.6 is 0 Å². The van der Waals surface area contributed by atoms with Crippen LogP contribution in [0.2, 0.25) is 18.1 Å². The second-order valence-corrected chi connectivity index (χ2v) is 10.2. The summed E-state index contributed by atoms with van der Waals surface area (Å²) in [6, 6.07) is 0. The molecule has 0 aromatic heterocycles. The van der Waals surface area contributed by atoms with Crippen molar-refractivity contribution >= 4 is 8.32 Å². The monoisotopic (exact) mass is 230 g/mol. The molecule has 0 rings (SSSR count). The molecular formula is C12H26O2Si. The highest BCUT2D eigenvalue weighted by Crippen LogP contribution is 2.37. The largest absolute Gasteiger partial charge is 0.519 e. The molecule has 2 nitrogen and oxygen atoms in total. The van der Waals surface area contributed by atoms with Gasteiger partial charge in [0.15, 0.2) is 0 Å². The highest BCUT2D eigenvalue weighted by atomic mass is 28.4. The van der Waals surface area contributed by atoms with Crippen LogP contribution in [0.3, 0.4) is 0 Å². The topological polar surface area (TPSA) is 18.5 Å². The van der Waals surface area contributed by atoms with E-state index in [4.69, 9.17) is 9.16 Å². The molecule has 0 aliphatic carbocycles. The fourth-order valence-electron chi connectivity index (χ4n) is 0.797. The molecule has 0 aromatic carbocycles. The SMILES string of the molecule is C=C(OCCCC)O[Si](C)(C)C(C)(C)C. The molecule has 15 heavy (non-hydrogen) atoms. The maximum absolute atomic E-state index is 5.87. The van der Waals surface area contributed by atoms with Crippen molar-refractivity contribution in [3.63, 3.8) is 0 Å².